The van der Waals surface area contributed by atoms with Gasteiger partial charge in [-0.1, -0.05) is 22.0 Å². The molecule has 102 valence electrons. The van der Waals surface area contributed by atoms with E-state index in [0.717, 1.165) is 23.7 Å². The molecule has 19 heavy (non-hydrogen) atoms. The molecular formula is C14H18BrN3O. The molecule has 0 aliphatic carbocycles. The van der Waals surface area contributed by atoms with Crippen molar-refractivity contribution in [1.82, 2.24) is 9.88 Å². The van der Waals surface area contributed by atoms with Gasteiger partial charge in [0.25, 0.3) is 0 Å². The third-order valence-electron chi connectivity index (χ3n) is 2.72. The maximum atomic E-state index is 12.1. The molecular weight excluding hydrogens is 306 g/mol. The summed E-state index contributed by atoms with van der Waals surface area (Å²) < 4.78 is 0. The van der Waals surface area contributed by atoms with Crippen molar-refractivity contribution < 1.29 is 4.79 Å². The zero-order valence-corrected chi connectivity index (χ0v) is 12.5. The van der Waals surface area contributed by atoms with Gasteiger partial charge in [0.15, 0.2) is 0 Å². The van der Waals surface area contributed by atoms with E-state index in [-0.39, 0.29) is 5.91 Å². The number of rotatable bonds is 8. The Kier molecular flexibility index (Phi) is 7.83. The Balaban J connectivity index is 2.56. The quantitative estimate of drug-likeness (QED) is 0.546. The van der Waals surface area contributed by atoms with E-state index >= 15 is 0 Å². The van der Waals surface area contributed by atoms with Crippen molar-refractivity contribution in [3.05, 3.63) is 30.1 Å². The second-order valence-electron chi connectivity index (χ2n) is 4.23. The molecule has 1 amide bonds. The minimum Gasteiger partial charge on any atom is -0.337 e. The number of pyridine rings is 1. The largest absolute Gasteiger partial charge is 0.337 e. The summed E-state index contributed by atoms with van der Waals surface area (Å²) in [7, 11) is 0. The van der Waals surface area contributed by atoms with Crippen LogP contribution >= 0.6 is 15.9 Å². The van der Waals surface area contributed by atoms with Crippen LogP contribution in [0.15, 0.2) is 24.5 Å². The van der Waals surface area contributed by atoms with Crippen molar-refractivity contribution in [1.29, 1.82) is 5.26 Å². The molecule has 4 nitrogen and oxygen atoms in total. The second-order valence-corrected chi connectivity index (χ2v) is 5.02. The molecule has 0 spiro atoms. The van der Waals surface area contributed by atoms with Crippen molar-refractivity contribution in [2.75, 3.05) is 11.9 Å². The highest BCUT2D eigenvalue weighted by atomic mass is 79.9. The van der Waals surface area contributed by atoms with Gasteiger partial charge in [-0.05, 0) is 24.5 Å². The molecule has 0 saturated carbocycles. The summed E-state index contributed by atoms with van der Waals surface area (Å²) in [5.74, 6) is 0.111. The maximum Gasteiger partial charge on any atom is 0.222 e. The average Bonchev–Trinajstić information content (AvgIpc) is 2.44. The van der Waals surface area contributed by atoms with Gasteiger partial charge in [-0.25, -0.2) is 0 Å². The lowest BCUT2D eigenvalue weighted by molar-refractivity contribution is -0.131. The first-order valence-electron chi connectivity index (χ1n) is 6.37. The smallest absolute Gasteiger partial charge is 0.222 e. The van der Waals surface area contributed by atoms with Crippen molar-refractivity contribution >= 4 is 21.8 Å². The Morgan fingerprint density at radius 2 is 2.32 bits per heavy atom. The first-order valence-corrected chi connectivity index (χ1v) is 7.49. The number of carbonyl (C=O) groups is 1. The third kappa shape index (κ3) is 6.35. The number of nitriles is 1. The summed E-state index contributed by atoms with van der Waals surface area (Å²) in [4.78, 5) is 17.9. The predicted octanol–water partition coefficient (Wildman–Crippen LogP) is 2.89. The number of halogens is 1. The van der Waals surface area contributed by atoms with Crippen LogP contribution in [0.1, 0.15) is 31.2 Å². The first-order chi connectivity index (χ1) is 9.27. The monoisotopic (exact) mass is 323 g/mol. The van der Waals surface area contributed by atoms with Gasteiger partial charge in [0.05, 0.1) is 12.5 Å². The van der Waals surface area contributed by atoms with E-state index in [2.05, 4.69) is 27.0 Å². The summed E-state index contributed by atoms with van der Waals surface area (Å²) in [5, 5.41) is 9.59. The maximum absolute atomic E-state index is 12.1. The number of nitrogens with zero attached hydrogens (tertiary/aromatic N) is 3. The number of alkyl halides is 1. The first kappa shape index (κ1) is 15.6. The fraction of sp³-hybridized carbons (Fsp3) is 0.500. The van der Waals surface area contributed by atoms with Crippen LogP contribution < -0.4 is 0 Å². The molecule has 0 saturated heterocycles. The molecule has 0 aliphatic heterocycles. The predicted molar refractivity (Wildman–Crippen MR) is 77.5 cm³/mol. The van der Waals surface area contributed by atoms with E-state index in [1.54, 1.807) is 17.3 Å². The normalized spacial score (nSPS) is 9.89. The highest BCUT2D eigenvalue weighted by molar-refractivity contribution is 9.09. The van der Waals surface area contributed by atoms with Crippen molar-refractivity contribution in [2.24, 2.45) is 0 Å². The van der Waals surface area contributed by atoms with Crippen LogP contribution in [0, 0.1) is 11.3 Å². The van der Waals surface area contributed by atoms with Crippen LogP contribution in [0.2, 0.25) is 0 Å². The second kappa shape index (κ2) is 9.51. The SMILES string of the molecule is N#CCCN(Cc1cccnc1)C(=O)CCCCBr. The molecule has 0 unspecified atom stereocenters. The van der Waals surface area contributed by atoms with Gasteiger partial charge in [-0.15, -0.1) is 0 Å². The van der Waals surface area contributed by atoms with E-state index in [0.29, 0.717) is 25.9 Å². The van der Waals surface area contributed by atoms with E-state index in [1.807, 2.05) is 12.1 Å². The van der Waals surface area contributed by atoms with E-state index < -0.39 is 0 Å². The highest BCUT2D eigenvalue weighted by Gasteiger charge is 2.13. The Morgan fingerprint density at radius 3 is 2.95 bits per heavy atom. The number of hydrogen-bond acceptors (Lipinski definition) is 3. The van der Waals surface area contributed by atoms with Gasteiger partial charge in [-0.2, -0.15) is 5.26 Å². The third-order valence-corrected chi connectivity index (χ3v) is 3.28. The van der Waals surface area contributed by atoms with Crippen molar-refractivity contribution in [2.45, 2.75) is 32.2 Å². The molecule has 0 bridgehead atoms. The number of carbonyl (C=O) groups excluding carboxylic acids is 1. The Hall–Kier alpha value is -1.41. The fourth-order valence-electron chi connectivity index (χ4n) is 1.72. The molecule has 0 atom stereocenters. The average molecular weight is 324 g/mol. The van der Waals surface area contributed by atoms with Gasteiger partial charge in [0.1, 0.15) is 0 Å². The highest BCUT2D eigenvalue weighted by Crippen LogP contribution is 2.08. The van der Waals surface area contributed by atoms with Crippen LogP contribution in [-0.2, 0) is 11.3 Å². The fourth-order valence-corrected chi connectivity index (χ4v) is 2.11. The van der Waals surface area contributed by atoms with Gasteiger partial charge in [-0.3, -0.25) is 9.78 Å². The number of aromatic nitrogens is 1. The molecule has 0 radical (unpaired) electrons. The Morgan fingerprint density at radius 1 is 1.47 bits per heavy atom. The molecule has 5 heteroatoms. The van der Waals surface area contributed by atoms with Gasteiger partial charge >= 0.3 is 0 Å². The van der Waals surface area contributed by atoms with Crippen LogP contribution in [0.5, 0.6) is 0 Å². The number of amides is 1. The van der Waals surface area contributed by atoms with Crippen molar-refractivity contribution in [3.8, 4) is 6.07 Å². The van der Waals surface area contributed by atoms with Crippen LogP contribution in [0.25, 0.3) is 0 Å². The summed E-state index contributed by atoms with van der Waals surface area (Å²) >= 11 is 3.36. The molecule has 0 fully saturated rings. The van der Waals surface area contributed by atoms with E-state index in [1.165, 1.54) is 0 Å². The molecule has 0 N–H and O–H groups in total. The summed E-state index contributed by atoms with van der Waals surface area (Å²) in [6.45, 7) is 1.02. The number of hydrogen-bond donors (Lipinski definition) is 0. The minimum absolute atomic E-state index is 0.111. The lowest BCUT2D eigenvalue weighted by atomic mass is 10.2. The lowest BCUT2D eigenvalue weighted by Crippen LogP contribution is -2.31. The number of unbranched alkanes of at least 4 members (excludes halogenated alkanes) is 1. The topological polar surface area (TPSA) is 57.0 Å². The summed E-state index contributed by atoms with van der Waals surface area (Å²) in [5.41, 5.74) is 0.995. The van der Waals surface area contributed by atoms with Gasteiger partial charge < -0.3 is 4.90 Å². The minimum atomic E-state index is 0.111. The molecule has 0 aliphatic rings. The lowest BCUT2D eigenvalue weighted by Gasteiger charge is -2.21. The van der Waals surface area contributed by atoms with Gasteiger partial charge in [0, 0.05) is 37.2 Å². The molecule has 1 rings (SSSR count). The van der Waals surface area contributed by atoms with Crippen LogP contribution in [0.3, 0.4) is 0 Å². The molecule has 1 heterocycles. The van der Waals surface area contributed by atoms with Crippen LogP contribution in [-0.4, -0.2) is 27.7 Å². The Labute approximate surface area is 122 Å². The van der Waals surface area contributed by atoms with Crippen molar-refractivity contribution in [3.63, 3.8) is 0 Å². The molecule has 1 aromatic rings. The van der Waals surface area contributed by atoms with E-state index in [9.17, 15) is 4.79 Å². The zero-order chi connectivity index (χ0) is 13.9. The molecule has 1 aromatic heterocycles. The van der Waals surface area contributed by atoms with Crippen LogP contribution in [0.4, 0.5) is 0 Å². The standard InChI is InChI=1S/C14H18BrN3O/c15-7-2-1-6-14(19)18(10-4-8-16)12-13-5-3-9-17-11-13/h3,5,9,11H,1-2,4,6-7,10,12H2. The summed E-state index contributed by atoms with van der Waals surface area (Å²) in [6.07, 6.45) is 6.23. The Bertz CT molecular complexity index is 416. The molecule has 0 aromatic carbocycles. The van der Waals surface area contributed by atoms with Gasteiger partial charge in [0.2, 0.25) is 5.91 Å². The van der Waals surface area contributed by atoms with E-state index in [4.69, 9.17) is 5.26 Å². The zero-order valence-electron chi connectivity index (χ0n) is 10.9. The summed E-state index contributed by atoms with van der Waals surface area (Å²) in [6, 6.07) is 5.89.